The van der Waals surface area contributed by atoms with Gasteiger partial charge in [0.2, 0.25) is 5.91 Å². The van der Waals surface area contributed by atoms with Gasteiger partial charge >= 0.3 is 0 Å². The molecule has 0 heterocycles. The van der Waals surface area contributed by atoms with Gasteiger partial charge in [-0.05, 0) is 37.3 Å². The van der Waals surface area contributed by atoms with E-state index in [2.05, 4.69) is 21.2 Å². The molecule has 0 fully saturated rings. The van der Waals surface area contributed by atoms with Gasteiger partial charge in [0.1, 0.15) is 0 Å². The number of carbonyl (C=O) groups is 1. The quantitative estimate of drug-likeness (QED) is 0.798. The van der Waals surface area contributed by atoms with E-state index in [0.29, 0.717) is 6.42 Å². The molecular formula is C14H20BrNO2S. The van der Waals surface area contributed by atoms with Gasteiger partial charge in [-0.15, -0.1) is 0 Å². The summed E-state index contributed by atoms with van der Waals surface area (Å²) in [6.45, 7) is 1.99. The number of benzene rings is 1. The molecule has 5 heteroatoms. The molecule has 106 valence electrons. The fraction of sp³-hybridized carbons (Fsp3) is 0.500. The monoisotopic (exact) mass is 345 g/mol. The van der Waals surface area contributed by atoms with Gasteiger partial charge in [0.25, 0.3) is 0 Å². The van der Waals surface area contributed by atoms with E-state index in [1.165, 1.54) is 0 Å². The van der Waals surface area contributed by atoms with Crippen LogP contribution in [0.2, 0.25) is 0 Å². The number of nitrogens with one attached hydrogen (secondary N) is 1. The number of aliphatic hydroxyl groups excluding tert-OH is 1. The number of aliphatic hydroxyl groups is 1. The normalized spacial score (nSPS) is 13.9. The van der Waals surface area contributed by atoms with Crippen LogP contribution in [0.3, 0.4) is 0 Å². The second-order valence-electron chi connectivity index (χ2n) is 4.45. The molecule has 0 aliphatic heterocycles. The van der Waals surface area contributed by atoms with Crippen LogP contribution in [0.25, 0.3) is 0 Å². The van der Waals surface area contributed by atoms with Gasteiger partial charge in [-0.1, -0.05) is 28.1 Å². The molecule has 2 N–H and O–H groups in total. The van der Waals surface area contributed by atoms with Crippen molar-refractivity contribution in [1.82, 2.24) is 5.32 Å². The molecule has 0 aliphatic carbocycles. The minimum Gasteiger partial charge on any atom is -0.396 e. The minimum atomic E-state index is -0.184. The lowest BCUT2D eigenvalue weighted by molar-refractivity contribution is -0.122. The maximum atomic E-state index is 12.2. The van der Waals surface area contributed by atoms with E-state index in [0.717, 1.165) is 15.8 Å². The Balaban J connectivity index is 2.62. The van der Waals surface area contributed by atoms with Crippen LogP contribution in [0.5, 0.6) is 0 Å². The molecule has 1 aromatic rings. The second-order valence-corrected chi connectivity index (χ2v) is 6.27. The maximum Gasteiger partial charge on any atom is 0.227 e. The number of halogens is 1. The summed E-state index contributed by atoms with van der Waals surface area (Å²) in [4.78, 5) is 12.2. The first-order valence-electron chi connectivity index (χ1n) is 6.24. The number of hydrogen-bond acceptors (Lipinski definition) is 3. The molecule has 0 saturated heterocycles. The Bertz CT molecular complexity index is 391. The van der Waals surface area contributed by atoms with Crippen LogP contribution in [-0.2, 0) is 4.79 Å². The molecule has 0 spiro atoms. The summed E-state index contributed by atoms with van der Waals surface area (Å²) in [5.41, 5.74) is 0.993. The third kappa shape index (κ3) is 5.55. The molecule has 0 aliphatic rings. The number of thioether (sulfide) groups is 1. The highest BCUT2D eigenvalue weighted by atomic mass is 79.9. The third-order valence-electron chi connectivity index (χ3n) is 2.96. The molecule has 0 aromatic heterocycles. The molecule has 0 saturated carbocycles. The highest BCUT2D eigenvalue weighted by Gasteiger charge is 2.18. The fourth-order valence-corrected chi connectivity index (χ4v) is 2.70. The number of rotatable bonds is 7. The van der Waals surface area contributed by atoms with Gasteiger partial charge in [-0.2, -0.15) is 11.8 Å². The lowest BCUT2D eigenvalue weighted by atomic mass is 10.00. The van der Waals surface area contributed by atoms with Gasteiger partial charge in [-0.25, -0.2) is 0 Å². The number of hydrogen-bond donors (Lipinski definition) is 2. The average molecular weight is 346 g/mol. The molecule has 3 nitrogen and oxygen atoms in total. The Kier molecular flexibility index (Phi) is 7.49. The van der Waals surface area contributed by atoms with E-state index in [4.69, 9.17) is 5.11 Å². The lowest BCUT2D eigenvalue weighted by Crippen LogP contribution is -2.39. The summed E-state index contributed by atoms with van der Waals surface area (Å²) in [5.74, 6) is 0.644. The molecule has 19 heavy (non-hydrogen) atoms. The van der Waals surface area contributed by atoms with E-state index in [1.807, 2.05) is 37.4 Å². The zero-order chi connectivity index (χ0) is 14.3. The molecule has 0 bridgehead atoms. The lowest BCUT2D eigenvalue weighted by Gasteiger charge is -2.20. The number of amides is 1. The summed E-state index contributed by atoms with van der Waals surface area (Å²) >= 11 is 5.05. The van der Waals surface area contributed by atoms with Crippen LogP contribution < -0.4 is 5.32 Å². The predicted molar refractivity (Wildman–Crippen MR) is 84.6 cm³/mol. The molecule has 1 rings (SSSR count). The van der Waals surface area contributed by atoms with Crippen molar-refractivity contribution in [2.45, 2.75) is 25.3 Å². The van der Waals surface area contributed by atoms with Gasteiger partial charge in [0, 0.05) is 22.9 Å². The molecule has 1 amide bonds. The van der Waals surface area contributed by atoms with Gasteiger partial charge < -0.3 is 10.4 Å². The fourth-order valence-electron chi connectivity index (χ4n) is 1.78. The van der Waals surface area contributed by atoms with Crippen LogP contribution in [-0.4, -0.2) is 35.7 Å². The van der Waals surface area contributed by atoms with E-state index in [9.17, 15) is 4.79 Å². The maximum absolute atomic E-state index is 12.2. The highest BCUT2D eigenvalue weighted by molar-refractivity contribution is 9.10. The van der Waals surface area contributed by atoms with Gasteiger partial charge in [0.15, 0.2) is 0 Å². The van der Waals surface area contributed by atoms with Crippen molar-refractivity contribution in [3.8, 4) is 0 Å². The SMILES string of the molecule is CSCC(CCO)NC(=O)C(C)c1ccc(Br)cc1. The highest BCUT2D eigenvalue weighted by Crippen LogP contribution is 2.19. The first-order chi connectivity index (χ1) is 9.08. The summed E-state index contributed by atoms with van der Waals surface area (Å²) in [5, 5.41) is 12.0. The average Bonchev–Trinajstić information content (AvgIpc) is 2.39. The largest absolute Gasteiger partial charge is 0.396 e. The van der Waals surface area contributed by atoms with Crippen LogP contribution in [0.4, 0.5) is 0 Å². The Morgan fingerprint density at radius 2 is 2.05 bits per heavy atom. The Labute approximate surface area is 127 Å². The van der Waals surface area contributed by atoms with Crippen LogP contribution in [0.1, 0.15) is 24.8 Å². The first-order valence-corrected chi connectivity index (χ1v) is 8.42. The number of carbonyl (C=O) groups excluding carboxylic acids is 1. The molecular weight excluding hydrogens is 326 g/mol. The van der Waals surface area contributed by atoms with E-state index < -0.39 is 0 Å². The Morgan fingerprint density at radius 1 is 1.42 bits per heavy atom. The zero-order valence-electron chi connectivity index (χ0n) is 11.2. The zero-order valence-corrected chi connectivity index (χ0v) is 13.6. The van der Waals surface area contributed by atoms with Crippen LogP contribution >= 0.6 is 27.7 Å². The van der Waals surface area contributed by atoms with Crippen molar-refractivity contribution in [2.75, 3.05) is 18.6 Å². The van der Waals surface area contributed by atoms with Crippen molar-refractivity contribution in [1.29, 1.82) is 0 Å². The standard InChI is InChI=1S/C14H20BrNO2S/c1-10(11-3-5-12(15)6-4-11)14(18)16-13(7-8-17)9-19-2/h3-6,10,13,17H,7-9H2,1-2H3,(H,16,18). The summed E-state index contributed by atoms with van der Waals surface area (Å²) in [7, 11) is 0. The molecule has 0 radical (unpaired) electrons. The van der Waals surface area contributed by atoms with Crippen LogP contribution in [0.15, 0.2) is 28.7 Å². The predicted octanol–water partition coefficient (Wildman–Crippen LogP) is 2.78. The summed E-state index contributed by atoms with van der Waals surface area (Å²) < 4.78 is 1.00. The van der Waals surface area contributed by atoms with Crippen molar-refractivity contribution >= 4 is 33.6 Å². The van der Waals surface area contributed by atoms with Crippen molar-refractivity contribution < 1.29 is 9.90 Å². The third-order valence-corrected chi connectivity index (χ3v) is 4.22. The summed E-state index contributed by atoms with van der Waals surface area (Å²) in [6.07, 6.45) is 2.59. The van der Waals surface area contributed by atoms with E-state index in [1.54, 1.807) is 11.8 Å². The van der Waals surface area contributed by atoms with Crippen LogP contribution in [0, 0.1) is 0 Å². The summed E-state index contributed by atoms with van der Waals surface area (Å²) in [6, 6.07) is 7.80. The van der Waals surface area contributed by atoms with E-state index >= 15 is 0 Å². The van der Waals surface area contributed by atoms with Crippen molar-refractivity contribution in [2.24, 2.45) is 0 Å². The molecule has 1 aromatic carbocycles. The first kappa shape index (κ1) is 16.5. The Hall–Kier alpha value is -0.520. The van der Waals surface area contributed by atoms with Crippen molar-refractivity contribution in [3.05, 3.63) is 34.3 Å². The minimum absolute atomic E-state index is 0.00909. The van der Waals surface area contributed by atoms with E-state index in [-0.39, 0.29) is 24.5 Å². The van der Waals surface area contributed by atoms with Crippen molar-refractivity contribution in [3.63, 3.8) is 0 Å². The Morgan fingerprint density at radius 3 is 2.58 bits per heavy atom. The van der Waals surface area contributed by atoms with Gasteiger partial charge in [-0.3, -0.25) is 4.79 Å². The molecule has 2 unspecified atom stereocenters. The smallest absolute Gasteiger partial charge is 0.227 e. The molecule has 2 atom stereocenters. The second kappa shape index (κ2) is 8.61. The topological polar surface area (TPSA) is 49.3 Å². The van der Waals surface area contributed by atoms with Gasteiger partial charge in [0.05, 0.1) is 5.92 Å².